The molecule has 1 aromatic heterocycles. The van der Waals surface area contributed by atoms with Crippen LogP contribution in [0.3, 0.4) is 0 Å². The number of hydrogen-bond donors (Lipinski definition) is 1. The molecular formula is C11H10N3O. The van der Waals surface area contributed by atoms with Crippen LogP contribution in [0.2, 0.25) is 0 Å². The summed E-state index contributed by atoms with van der Waals surface area (Å²) in [5.41, 5.74) is 0.868. The minimum absolute atomic E-state index is 0.689. The quantitative estimate of drug-likeness (QED) is 0.823. The molecule has 0 aliphatic carbocycles. The van der Waals surface area contributed by atoms with E-state index in [9.17, 15) is 0 Å². The topological polar surface area (TPSA) is 47.0 Å². The Morgan fingerprint density at radius 2 is 2.13 bits per heavy atom. The summed E-state index contributed by atoms with van der Waals surface area (Å²) in [6.07, 6.45) is 4.15. The second-order valence-electron chi connectivity index (χ2n) is 2.87. The predicted molar refractivity (Wildman–Crippen MR) is 57.1 cm³/mol. The summed E-state index contributed by atoms with van der Waals surface area (Å²) in [4.78, 5) is 7.67. The van der Waals surface area contributed by atoms with Gasteiger partial charge in [0.15, 0.2) is 6.33 Å². The summed E-state index contributed by atoms with van der Waals surface area (Å²) in [5, 5.41) is 3.12. The Morgan fingerprint density at radius 3 is 2.87 bits per heavy atom. The molecule has 0 spiro atoms. The lowest BCUT2D eigenvalue weighted by molar-refractivity contribution is 0.417. The van der Waals surface area contributed by atoms with Crippen molar-refractivity contribution in [3.05, 3.63) is 42.9 Å². The molecule has 4 heteroatoms. The lowest BCUT2D eigenvalue weighted by atomic mass is 10.3. The van der Waals surface area contributed by atoms with Crippen molar-refractivity contribution in [1.82, 2.24) is 9.97 Å². The van der Waals surface area contributed by atoms with Crippen LogP contribution in [0, 0.1) is 6.33 Å². The van der Waals surface area contributed by atoms with E-state index in [0.717, 1.165) is 11.4 Å². The molecule has 15 heavy (non-hydrogen) atoms. The van der Waals surface area contributed by atoms with Crippen molar-refractivity contribution in [3.8, 4) is 5.75 Å². The fourth-order valence-electron chi connectivity index (χ4n) is 1.22. The van der Waals surface area contributed by atoms with Crippen LogP contribution in [0.4, 0.5) is 11.5 Å². The lowest BCUT2D eigenvalue weighted by Crippen LogP contribution is -1.96. The first kappa shape index (κ1) is 9.45. The van der Waals surface area contributed by atoms with Crippen molar-refractivity contribution >= 4 is 11.5 Å². The highest BCUT2D eigenvalue weighted by Gasteiger charge is 2.01. The zero-order chi connectivity index (χ0) is 10.5. The van der Waals surface area contributed by atoms with Gasteiger partial charge in [0.05, 0.1) is 12.8 Å². The molecule has 75 valence electrons. The van der Waals surface area contributed by atoms with E-state index in [0.29, 0.717) is 5.82 Å². The monoisotopic (exact) mass is 200 g/mol. The predicted octanol–water partition coefficient (Wildman–Crippen LogP) is 2.03. The molecule has 0 saturated heterocycles. The minimum atomic E-state index is 0.689. The van der Waals surface area contributed by atoms with Gasteiger partial charge in [0.2, 0.25) is 0 Å². The number of para-hydroxylation sites is 2. The summed E-state index contributed by atoms with van der Waals surface area (Å²) in [5.74, 6) is 1.46. The third-order valence-corrected chi connectivity index (χ3v) is 1.90. The third kappa shape index (κ3) is 2.22. The van der Waals surface area contributed by atoms with E-state index in [1.165, 1.54) is 0 Å². The van der Waals surface area contributed by atoms with Crippen LogP contribution in [0.1, 0.15) is 0 Å². The van der Waals surface area contributed by atoms with Crippen LogP contribution in [0.15, 0.2) is 36.5 Å². The summed E-state index contributed by atoms with van der Waals surface area (Å²) >= 11 is 0. The second kappa shape index (κ2) is 4.41. The molecule has 0 fully saturated rings. The Bertz CT molecular complexity index is 431. The van der Waals surface area contributed by atoms with Gasteiger partial charge in [0, 0.05) is 6.20 Å². The number of methoxy groups -OCH3 is 1. The van der Waals surface area contributed by atoms with E-state index in [4.69, 9.17) is 4.74 Å². The van der Waals surface area contributed by atoms with Crippen molar-refractivity contribution in [1.29, 1.82) is 0 Å². The maximum absolute atomic E-state index is 5.20. The van der Waals surface area contributed by atoms with Crippen molar-refractivity contribution < 1.29 is 4.74 Å². The lowest BCUT2D eigenvalue weighted by Gasteiger charge is -2.09. The van der Waals surface area contributed by atoms with Crippen LogP contribution >= 0.6 is 0 Å². The zero-order valence-corrected chi connectivity index (χ0v) is 8.27. The summed E-state index contributed by atoms with van der Waals surface area (Å²) in [7, 11) is 1.63. The van der Waals surface area contributed by atoms with Crippen LogP contribution in [-0.4, -0.2) is 17.1 Å². The van der Waals surface area contributed by atoms with Crippen molar-refractivity contribution in [3.63, 3.8) is 0 Å². The summed E-state index contributed by atoms with van der Waals surface area (Å²) < 4.78 is 5.20. The molecule has 4 nitrogen and oxygen atoms in total. The van der Waals surface area contributed by atoms with E-state index < -0.39 is 0 Å². The average molecular weight is 200 g/mol. The first-order valence-corrected chi connectivity index (χ1v) is 4.49. The van der Waals surface area contributed by atoms with E-state index in [1.807, 2.05) is 24.3 Å². The van der Waals surface area contributed by atoms with Crippen LogP contribution in [-0.2, 0) is 0 Å². The van der Waals surface area contributed by atoms with Crippen LogP contribution in [0.25, 0.3) is 0 Å². The highest BCUT2D eigenvalue weighted by Crippen LogP contribution is 2.25. The minimum Gasteiger partial charge on any atom is -0.495 e. The Hall–Kier alpha value is -2.10. The number of nitrogens with one attached hydrogen (secondary N) is 1. The smallest absolute Gasteiger partial charge is 0.199 e. The highest BCUT2D eigenvalue weighted by molar-refractivity contribution is 5.63. The van der Waals surface area contributed by atoms with Gasteiger partial charge in [-0.2, -0.15) is 0 Å². The van der Waals surface area contributed by atoms with Gasteiger partial charge in [0.25, 0.3) is 0 Å². The normalized spacial score (nSPS) is 9.67. The van der Waals surface area contributed by atoms with Gasteiger partial charge in [-0.1, -0.05) is 12.1 Å². The molecule has 0 atom stereocenters. The molecule has 0 aliphatic heterocycles. The number of rotatable bonds is 3. The zero-order valence-electron chi connectivity index (χ0n) is 8.27. The number of ether oxygens (including phenoxy) is 1. The summed E-state index contributed by atoms with van der Waals surface area (Å²) in [6.45, 7) is 0. The van der Waals surface area contributed by atoms with Gasteiger partial charge >= 0.3 is 0 Å². The van der Waals surface area contributed by atoms with Crippen molar-refractivity contribution in [2.75, 3.05) is 12.4 Å². The molecule has 0 saturated carbocycles. The molecule has 1 aromatic carbocycles. The van der Waals surface area contributed by atoms with E-state index in [1.54, 1.807) is 19.4 Å². The molecule has 0 amide bonds. The number of anilines is 2. The molecule has 2 aromatic rings. The maximum atomic E-state index is 5.20. The molecule has 1 heterocycles. The standard InChI is InChI=1S/C11H10N3O/c1-15-10-5-3-2-4-9(10)14-11-6-7-12-8-13-11/h2-7H,1H3,(H,12,13,14). The van der Waals surface area contributed by atoms with Gasteiger partial charge in [-0.15, -0.1) is 0 Å². The Balaban J connectivity index is 2.24. The van der Waals surface area contributed by atoms with Gasteiger partial charge in [-0.3, -0.25) is 0 Å². The fraction of sp³-hybridized carbons (Fsp3) is 0.0909. The highest BCUT2D eigenvalue weighted by atomic mass is 16.5. The Labute approximate surface area is 88.0 Å². The molecule has 1 N–H and O–H groups in total. The summed E-state index contributed by atoms with van der Waals surface area (Å²) in [6, 6.07) is 9.41. The van der Waals surface area contributed by atoms with Gasteiger partial charge in [0.1, 0.15) is 11.6 Å². The van der Waals surface area contributed by atoms with Crippen molar-refractivity contribution in [2.24, 2.45) is 0 Å². The molecule has 0 bridgehead atoms. The van der Waals surface area contributed by atoms with E-state index in [-0.39, 0.29) is 0 Å². The van der Waals surface area contributed by atoms with Gasteiger partial charge in [-0.25, -0.2) is 9.97 Å². The first-order chi connectivity index (χ1) is 7.40. The number of benzene rings is 1. The SMILES string of the molecule is COc1ccccc1Nc1ccn[c]n1. The number of aromatic nitrogens is 2. The molecule has 2 rings (SSSR count). The van der Waals surface area contributed by atoms with E-state index >= 15 is 0 Å². The third-order valence-electron chi connectivity index (χ3n) is 1.90. The van der Waals surface area contributed by atoms with Crippen LogP contribution in [0.5, 0.6) is 5.75 Å². The molecule has 0 unspecified atom stereocenters. The Morgan fingerprint density at radius 1 is 1.27 bits per heavy atom. The average Bonchev–Trinajstić information content (AvgIpc) is 2.31. The van der Waals surface area contributed by atoms with Gasteiger partial charge in [-0.05, 0) is 18.2 Å². The largest absolute Gasteiger partial charge is 0.495 e. The van der Waals surface area contributed by atoms with E-state index in [2.05, 4.69) is 21.6 Å². The number of hydrogen-bond acceptors (Lipinski definition) is 4. The molecular weight excluding hydrogens is 190 g/mol. The second-order valence-corrected chi connectivity index (χ2v) is 2.87. The van der Waals surface area contributed by atoms with Crippen LogP contribution < -0.4 is 10.1 Å². The molecule has 0 aliphatic rings. The molecule has 1 radical (unpaired) electrons. The van der Waals surface area contributed by atoms with Crippen molar-refractivity contribution in [2.45, 2.75) is 0 Å². The fourth-order valence-corrected chi connectivity index (χ4v) is 1.22. The first-order valence-electron chi connectivity index (χ1n) is 4.49. The Kier molecular flexibility index (Phi) is 2.78. The maximum Gasteiger partial charge on any atom is 0.199 e. The number of nitrogens with zero attached hydrogens (tertiary/aromatic N) is 2. The van der Waals surface area contributed by atoms with Gasteiger partial charge < -0.3 is 10.1 Å².